The number of methoxy groups -OCH3 is 1. The van der Waals surface area contributed by atoms with Gasteiger partial charge in [0.25, 0.3) is 11.9 Å². The minimum atomic E-state index is -0.260. The Bertz CT molecular complexity index is 1130. The Morgan fingerprint density at radius 1 is 1.15 bits per heavy atom. The van der Waals surface area contributed by atoms with E-state index in [1.165, 1.54) is 22.5 Å². The molecule has 0 spiro atoms. The third kappa shape index (κ3) is 3.29. The van der Waals surface area contributed by atoms with Gasteiger partial charge in [-0.15, -0.1) is 16.4 Å². The predicted molar refractivity (Wildman–Crippen MR) is 107 cm³/mol. The molecule has 0 atom stereocenters. The molecule has 0 radical (unpaired) electrons. The van der Waals surface area contributed by atoms with E-state index in [9.17, 15) is 4.79 Å². The number of thiazole rings is 1. The molecule has 0 bridgehead atoms. The summed E-state index contributed by atoms with van der Waals surface area (Å²) in [6, 6.07) is 13.2. The van der Waals surface area contributed by atoms with Crippen LogP contribution in [0.3, 0.4) is 0 Å². The summed E-state index contributed by atoms with van der Waals surface area (Å²) in [7, 11) is 1.59. The molecule has 1 N–H and O–H groups in total. The Morgan fingerprint density at radius 2 is 1.93 bits per heavy atom. The lowest BCUT2D eigenvalue weighted by atomic mass is 10.0. The van der Waals surface area contributed by atoms with Crippen molar-refractivity contribution < 1.29 is 9.53 Å². The summed E-state index contributed by atoms with van der Waals surface area (Å²) in [4.78, 5) is 17.6. The predicted octanol–water partition coefficient (Wildman–Crippen LogP) is 4.34. The fourth-order valence-corrected chi connectivity index (χ4v) is 3.76. The summed E-state index contributed by atoms with van der Waals surface area (Å²) in [5, 5.41) is 9.26. The van der Waals surface area contributed by atoms with E-state index in [1.807, 2.05) is 5.38 Å². The van der Waals surface area contributed by atoms with Crippen LogP contribution in [-0.4, -0.2) is 27.6 Å². The van der Waals surface area contributed by atoms with Gasteiger partial charge in [0.2, 0.25) is 4.96 Å². The molecule has 1 amide bonds. The van der Waals surface area contributed by atoms with Gasteiger partial charge < -0.3 is 4.74 Å². The molecule has 0 fully saturated rings. The maximum atomic E-state index is 12.4. The second-order valence-electron chi connectivity index (χ2n) is 6.25. The van der Waals surface area contributed by atoms with E-state index in [2.05, 4.69) is 47.4 Å². The maximum Gasteiger partial charge on any atom is 0.258 e. The lowest BCUT2D eigenvalue weighted by Crippen LogP contribution is -2.13. The fraction of sp³-hybridized carbons (Fsp3) is 0.150. The van der Waals surface area contributed by atoms with E-state index in [0.717, 1.165) is 16.2 Å². The average Bonchev–Trinajstić information content (AvgIpc) is 3.22. The molecule has 0 unspecified atom stereocenters. The number of aromatic nitrogens is 3. The third-order valence-corrected chi connectivity index (χ3v) is 5.13. The van der Waals surface area contributed by atoms with Crippen molar-refractivity contribution >= 4 is 28.2 Å². The van der Waals surface area contributed by atoms with Crippen molar-refractivity contribution in [3.8, 4) is 17.0 Å². The zero-order valence-electron chi connectivity index (χ0n) is 15.2. The van der Waals surface area contributed by atoms with Gasteiger partial charge in [-0.1, -0.05) is 23.8 Å². The summed E-state index contributed by atoms with van der Waals surface area (Å²) in [5.74, 6) is 0.725. The number of rotatable bonds is 4. The molecular weight excluding hydrogens is 360 g/mol. The molecule has 0 saturated heterocycles. The first-order chi connectivity index (χ1) is 13.0. The van der Waals surface area contributed by atoms with Crippen molar-refractivity contribution in [3.63, 3.8) is 0 Å². The Morgan fingerprint density at radius 3 is 2.63 bits per heavy atom. The van der Waals surface area contributed by atoms with E-state index in [0.29, 0.717) is 11.3 Å². The van der Waals surface area contributed by atoms with Crippen LogP contribution in [0.25, 0.3) is 16.2 Å². The van der Waals surface area contributed by atoms with E-state index >= 15 is 0 Å². The molecule has 7 heteroatoms. The van der Waals surface area contributed by atoms with Crippen LogP contribution in [0.5, 0.6) is 5.75 Å². The summed E-state index contributed by atoms with van der Waals surface area (Å²) >= 11 is 1.49. The van der Waals surface area contributed by atoms with Crippen LogP contribution in [0.4, 0.5) is 5.95 Å². The Hall–Kier alpha value is -3.19. The molecule has 0 aliphatic heterocycles. The van der Waals surface area contributed by atoms with Crippen molar-refractivity contribution in [2.24, 2.45) is 0 Å². The summed E-state index contributed by atoms with van der Waals surface area (Å²) in [6.45, 7) is 4.15. The zero-order valence-corrected chi connectivity index (χ0v) is 16.0. The molecule has 6 nitrogen and oxygen atoms in total. The standard InChI is InChI=1S/C20H18N4O2S/c1-12-4-9-16(13(2)10-12)17-11-27-20-22-19(23-24(17)20)21-18(25)14-5-7-15(26-3)8-6-14/h4-11H,1-3H3,(H,21,23,25). The van der Waals surface area contributed by atoms with Crippen molar-refractivity contribution in [1.82, 2.24) is 14.6 Å². The number of hydrogen-bond acceptors (Lipinski definition) is 5. The summed E-state index contributed by atoms with van der Waals surface area (Å²) in [5.41, 5.74) is 4.97. The Kier molecular flexibility index (Phi) is 4.37. The smallest absolute Gasteiger partial charge is 0.258 e. The van der Waals surface area contributed by atoms with Crippen LogP contribution in [-0.2, 0) is 0 Å². The lowest BCUT2D eigenvalue weighted by Gasteiger charge is -2.05. The minimum Gasteiger partial charge on any atom is -0.497 e. The molecule has 0 saturated carbocycles. The summed E-state index contributed by atoms with van der Waals surface area (Å²) in [6.07, 6.45) is 0. The van der Waals surface area contributed by atoms with E-state index in [1.54, 1.807) is 35.9 Å². The molecule has 4 rings (SSSR count). The average molecular weight is 378 g/mol. The Balaban J connectivity index is 1.62. The quantitative estimate of drug-likeness (QED) is 0.574. The largest absolute Gasteiger partial charge is 0.497 e. The monoisotopic (exact) mass is 378 g/mol. The van der Waals surface area contributed by atoms with Crippen molar-refractivity contribution in [1.29, 1.82) is 0 Å². The van der Waals surface area contributed by atoms with Gasteiger partial charge >= 0.3 is 0 Å². The zero-order chi connectivity index (χ0) is 19.0. The van der Waals surface area contributed by atoms with Gasteiger partial charge in [0.15, 0.2) is 0 Å². The van der Waals surface area contributed by atoms with Gasteiger partial charge in [-0.2, -0.15) is 4.98 Å². The van der Waals surface area contributed by atoms with Crippen LogP contribution in [0.1, 0.15) is 21.5 Å². The highest BCUT2D eigenvalue weighted by atomic mass is 32.1. The molecule has 27 heavy (non-hydrogen) atoms. The molecule has 2 heterocycles. The molecule has 4 aromatic rings. The van der Waals surface area contributed by atoms with E-state index in [4.69, 9.17) is 4.74 Å². The first-order valence-corrected chi connectivity index (χ1v) is 9.30. The van der Waals surface area contributed by atoms with E-state index in [-0.39, 0.29) is 11.9 Å². The molecule has 0 aliphatic carbocycles. The first-order valence-electron chi connectivity index (χ1n) is 8.42. The Labute approximate surface area is 160 Å². The third-order valence-electron chi connectivity index (χ3n) is 4.32. The highest BCUT2D eigenvalue weighted by Crippen LogP contribution is 2.29. The number of carbonyl (C=O) groups is 1. The number of nitrogens with zero attached hydrogens (tertiary/aromatic N) is 3. The number of anilines is 1. The van der Waals surface area contributed by atoms with Gasteiger partial charge in [-0.05, 0) is 43.7 Å². The highest BCUT2D eigenvalue weighted by Gasteiger charge is 2.15. The van der Waals surface area contributed by atoms with Crippen LogP contribution < -0.4 is 10.1 Å². The minimum absolute atomic E-state index is 0.260. The number of nitrogens with one attached hydrogen (secondary N) is 1. The summed E-state index contributed by atoms with van der Waals surface area (Å²) < 4.78 is 6.88. The first kappa shape index (κ1) is 17.2. The number of carbonyl (C=O) groups excluding carboxylic acids is 1. The molecule has 2 aromatic heterocycles. The molecular formula is C20H18N4O2S. The number of fused-ring (bicyclic) bond motifs is 1. The van der Waals surface area contributed by atoms with Crippen LogP contribution in [0.2, 0.25) is 0 Å². The molecule has 2 aromatic carbocycles. The topological polar surface area (TPSA) is 68.5 Å². The second kappa shape index (κ2) is 6.85. The normalized spacial score (nSPS) is 10.9. The number of amides is 1. The number of aryl methyl sites for hydroxylation is 2. The van der Waals surface area contributed by atoms with Crippen LogP contribution >= 0.6 is 11.3 Å². The van der Waals surface area contributed by atoms with Gasteiger partial charge in [0.1, 0.15) is 5.75 Å². The van der Waals surface area contributed by atoms with Crippen LogP contribution in [0, 0.1) is 13.8 Å². The second-order valence-corrected chi connectivity index (χ2v) is 7.09. The fourth-order valence-electron chi connectivity index (χ4n) is 2.94. The van der Waals surface area contributed by atoms with Gasteiger partial charge in [-0.25, -0.2) is 4.52 Å². The highest BCUT2D eigenvalue weighted by molar-refractivity contribution is 7.15. The van der Waals surface area contributed by atoms with E-state index < -0.39 is 0 Å². The molecule has 136 valence electrons. The SMILES string of the molecule is COc1ccc(C(=O)Nc2nc3scc(-c4ccc(C)cc4C)n3n2)cc1. The lowest BCUT2D eigenvalue weighted by molar-refractivity contribution is 0.102. The van der Waals surface area contributed by atoms with Gasteiger partial charge in [0.05, 0.1) is 12.8 Å². The van der Waals surface area contributed by atoms with Gasteiger partial charge in [0, 0.05) is 16.5 Å². The number of benzene rings is 2. The number of hydrogen-bond donors (Lipinski definition) is 1. The number of ether oxygens (including phenoxy) is 1. The van der Waals surface area contributed by atoms with Crippen LogP contribution in [0.15, 0.2) is 47.8 Å². The van der Waals surface area contributed by atoms with Crippen molar-refractivity contribution in [3.05, 3.63) is 64.5 Å². The van der Waals surface area contributed by atoms with Gasteiger partial charge in [-0.3, -0.25) is 10.1 Å². The van der Waals surface area contributed by atoms with Crippen molar-refractivity contribution in [2.45, 2.75) is 13.8 Å². The maximum absolute atomic E-state index is 12.4. The molecule has 0 aliphatic rings. The van der Waals surface area contributed by atoms with Crippen molar-refractivity contribution in [2.75, 3.05) is 12.4 Å².